The van der Waals surface area contributed by atoms with Gasteiger partial charge in [0.1, 0.15) is 11.5 Å². The van der Waals surface area contributed by atoms with Crippen molar-refractivity contribution >= 4 is 49.9 Å². The van der Waals surface area contributed by atoms with Crippen molar-refractivity contribution in [1.82, 2.24) is 19.8 Å². The third kappa shape index (κ3) is 4.60. The highest BCUT2D eigenvalue weighted by Crippen LogP contribution is 2.33. The van der Waals surface area contributed by atoms with E-state index in [1.165, 1.54) is 11.3 Å². The fourth-order valence-electron chi connectivity index (χ4n) is 4.33. The maximum atomic E-state index is 13.1. The van der Waals surface area contributed by atoms with Gasteiger partial charge < -0.3 is 19.9 Å². The molecule has 1 saturated heterocycles. The number of amides is 1. The lowest BCUT2D eigenvalue weighted by Gasteiger charge is -2.32. The maximum Gasteiger partial charge on any atom is 0.264 e. The molecule has 0 bridgehead atoms. The van der Waals surface area contributed by atoms with E-state index in [-0.39, 0.29) is 5.91 Å². The molecule has 0 radical (unpaired) electrons. The maximum absolute atomic E-state index is 13.1. The van der Waals surface area contributed by atoms with Gasteiger partial charge in [-0.2, -0.15) is 0 Å². The molecule has 36 heavy (non-hydrogen) atoms. The van der Waals surface area contributed by atoms with Crippen molar-refractivity contribution < 1.29 is 9.53 Å². The van der Waals surface area contributed by atoms with E-state index >= 15 is 0 Å². The van der Waals surface area contributed by atoms with Gasteiger partial charge in [0, 0.05) is 59.6 Å². The summed E-state index contributed by atoms with van der Waals surface area (Å²) in [5.41, 5.74) is 1.65. The summed E-state index contributed by atoms with van der Waals surface area (Å²) in [5.74, 6) is 2.09. The van der Waals surface area contributed by atoms with E-state index in [9.17, 15) is 4.79 Å². The van der Waals surface area contributed by atoms with E-state index in [1.54, 1.807) is 0 Å². The molecule has 3 aromatic carbocycles. The number of carbonyl (C=O) groups excluding carboxylic acids is 1. The van der Waals surface area contributed by atoms with Crippen molar-refractivity contribution in [1.29, 1.82) is 0 Å². The molecule has 1 aliphatic rings. The molecular weight excluding hydrogens is 470 g/mol. The monoisotopic (exact) mass is 495 g/mol. The van der Waals surface area contributed by atoms with Crippen molar-refractivity contribution in [2.75, 3.05) is 38.5 Å². The molecule has 3 heterocycles. The van der Waals surface area contributed by atoms with Crippen LogP contribution in [0.2, 0.25) is 0 Å². The van der Waals surface area contributed by atoms with Crippen molar-refractivity contribution in [2.45, 2.75) is 0 Å². The van der Waals surface area contributed by atoms with E-state index < -0.39 is 0 Å². The first-order chi connectivity index (χ1) is 17.6. The molecule has 1 amide bonds. The van der Waals surface area contributed by atoms with Crippen LogP contribution in [0.5, 0.6) is 11.5 Å². The lowest BCUT2D eigenvalue weighted by Crippen LogP contribution is -2.46. The summed E-state index contributed by atoms with van der Waals surface area (Å²) in [4.78, 5) is 27.4. The van der Waals surface area contributed by atoms with Gasteiger partial charge in [-0.1, -0.05) is 24.3 Å². The molecule has 0 saturated carbocycles. The Labute approximate surface area is 213 Å². The number of rotatable bonds is 5. The number of nitrogens with zero attached hydrogens (tertiary/aromatic N) is 4. The standard InChI is InChI=1S/C28H25N5O2S/c1-32-12-14-33(15-13-32)27(34)25-17-23-24(36-25)11-10-19-18-29-28(31-26(19)23)30-20-6-5-9-22(16-20)35-21-7-3-2-4-8-21/h2-11,16-18H,12-15H2,1H3,(H,29,30,31). The molecule has 7 nitrogen and oxygen atoms in total. The van der Waals surface area contributed by atoms with Gasteiger partial charge >= 0.3 is 0 Å². The first kappa shape index (κ1) is 22.5. The van der Waals surface area contributed by atoms with Gasteiger partial charge in [-0.05, 0) is 49.5 Å². The topological polar surface area (TPSA) is 70.6 Å². The number of nitrogens with one attached hydrogen (secondary N) is 1. The SMILES string of the molecule is CN1CCN(C(=O)c2cc3c(ccc4cnc(Nc5cccc(Oc6ccccc6)c5)nc43)s2)CC1. The fraction of sp³-hybridized carbons (Fsp3) is 0.179. The van der Waals surface area contributed by atoms with Crippen molar-refractivity contribution in [2.24, 2.45) is 0 Å². The Bertz CT molecular complexity index is 1540. The average molecular weight is 496 g/mol. The summed E-state index contributed by atoms with van der Waals surface area (Å²) in [5, 5.41) is 5.20. The highest BCUT2D eigenvalue weighted by Gasteiger charge is 2.22. The number of thiophene rings is 1. The number of aromatic nitrogens is 2. The van der Waals surface area contributed by atoms with Gasteiger partial charge in [0.2, 0.25) is 5.95 Å². The summed E-state index contributed by atoms with van der Waals surface area (Å²) >= 11 is 1.53. The van der Waals surface area contributed by atoms with Gasteiger partial charge in [0.25, 0.3) is 5.91 Å². The molecule has 0 spiro atoms. The van der Waals surface area contributed by atoms with Crippen LogP contribution in [0, 0.1) is 0 Å². The highest BCUT2D eigenvalue weighted by molar-refractivity contribution is 7.21. The minimum atomic E-state index is 0.0973. The minimum Gasteiger partial charge on any atom is -0.457 e. The lowest BCUT2D eigenvalue weighted by atomic mass is 10.1. The molecule has 1 N–H and O–H groups in total. The normalized spacial score (nSPS) is 14.3. The number of fused-ring (bicyclic) bond motifs is 3. The van der Waals surface area contributed by atoms with Crippen LogP contribution in [-0.2, 0) is 0 Å². The van der Waals surface area contributed by atoms with Crippen molar-refractivity contribution in [3.63, 3.8) is 0 Å². The Hall–Kier alpha value is -4.01. The van der Waals surface area contributed by atoms with Gasteiger partial charge in [-0.15, -0.1) is 11.3 Å². The van der Waals surface area contributed by atoms with E-state index in [1.807, 2.05) is 83.9 Å². The molecule has 1 aliphatic heterocycles. The molecule has 0 atom stereocenters. The number of para-hydroxylation sites is 1. The van der Waals surface area contributed by atoms with E-state index in [0.29, 0.717) is 5.95 Å². The molecule has 0 aliphatic carbocycles. The second-order valence-corrected chi connectivity index (χ2v) is 9.97. The number of benzene rings is 3. The molecule has 5 aromatic rings. The van der Waals surface area contributed by atoms with Crippen molar-refractivity contribution in [3.8, 4) is 11.5 Å². The Morgan fingerprint density at radius 3 is 2.58 bits per heavy atom. The van der Waals surface area contributed by atoms with E-state index in [4.69, 9.17) is 9.72 Å². The molecule has 1 fully saturated rings. The Morgan fingerprint density at radius 2 is 1.75 bits per heavy atom. The number of carbonyl (C=O) groups is 1. The first-order valence-electron chi connectivity index (χ1n) is 11.9. The Morgan fingerprint density at radius 1 is 0.944 bits per heavy atom. The number of ether oxygens (including phenoxy) is 1. The number of likely N-dealkylation sites (N-methyl/N-ethyl adjacent to an activating group) is 1. The van der Waals surface area contributed by atoms with Crippen LogP contribution in [0.3, 0.4) is 0 Å². The van der Waals surface area contributed by atoms with E-state index in [2.05, 4.69) is 22.2 Å². The smallest absolute Gasteiger partial charge is 0.264 e. The van der Waals surface area contributed by atoms with Gasteiger partial charge in [0.15, 0.2) is 0 Å². The highest BCUT2D eigenvalue weighted by atomic mass is 32.1. The van der Waals surface area contributed by atoms with Gasteiger partial charge in [-0.3, -0.25) is 4.79 Å². The quantitative estimate of drug-likeness (QED) is 0.334. The zero-order chi connectivity index (χ0) is 24.5. The second kappa shape index (κ2) is 9.56. The molecular formula is C28H25N5O2S. The summed E-state index contributed by atoms with van der Waals surface area (Å²) in [6.07, 6.45) is 1.81. The van der Waals surface area contributed by atoms with Crippen LogP contribution in [-0.4, -0.2) is 58.9 Å². The Balaban J connectivity index is 1.27. The third-order valence-electron chi connectivity index (χ3n) is 6.32. The van der Waals surface area contributed by atoms with Crippen LogP contribution >= 0.6 is 11.3 Å². The minimum absolute atomic E-state index is 0.0973. The predicted molar refractivity (Wildman–Crippen MR) is 145 cm³/mol. The van der Waals surface area contributed by atoms with Crippen molar-refractivity contribution in [3.05, 3.63) is 83.9 Å². The number of piperazine rings is 1. The molecule has 0 unspecified atom stereocenters. The second-order valence-electron chi connectivity index (χ2n) is 8.88. The van der Waals surface area contributed by atoms with Gasteiger partial charge in [-0.25, -0.2) is 9.97 Å². The molecule has 6 rings (SSSR count). The van der Waals surface area contributed by atoms with Gasteiger partial charge in [0.05, 0.1) is 10.4 Å². The molecule has 8 heteroatoms. The third-order valence-corrected chi connectivity index (χ3v) is 7.41. The van der Waals surface area contributed by atoms with Crippen LogP contribution < -0.4 is 10.1 Å². The molecule has 180 valence electrons. The van der Waals surface area contributed by atoms with Crippen LogP contribution in [0.25, 0.3) is 21.0 Å². The average Bonchev–Trinajstić information content (AvgIpc) is 3.35. The van der Waals surface area contributed by atoms with E-state index in [0.717, 1.165) is 69.2 Å². The molecule has 2 aromatic heterocycles. The zero-order valence-corrected chi connectivity index (χ0v) is 20.7. The first-order valence-corrected chi connectivity index (χ1v) is 12.7. The fourth-order valence-corrected chi connectivity index (χ4v) is 5.36. The summed E-state index contributed by atoms with van der Waals surface area (Å²) in [6.45, 7) is 3.32. The zero-order valence-electron chi connectivity index (χ0n) is 19.8. The van der Waals surface area contributed by atoms with Crippen LogP contribution in [0.15, 0.2) is 79.0 Å². The number of hydrogen-bond acceptors (Lipinski definition) is 7. The number of hydrogen-bond donors (Lipinski definition) is 1. The number of anilines is 2. The summed E-state index contributed by atoms with van der Waals surface area (Å²) < 4.78 is 6.99. The van der Waals surface area contributed by atoms with Crippen LogP contribution in [0.4, 0.5) is 11.6 Å². The predicted octanol–water partition coefficient (Wildman–Crippen LogP) is 5.77. The lowest BCUT2D eigenvalue weighted by molar-refractivity contribution is 0.0669. The van der Waals surface area contributed by atoms with Crippen LogP contribution in [0.1, 0.15) is 9.67 Å². The largest absolute Gasteiger partial charge is 0.457 e. The Kier molecular flexibility index (Phi) is 5.96. The summed E-state index contributed by atoms with van der Waals surface area (Å²) in [7, 11) is 2.09. The summed E-state index contributed by atoms with van der Waals surface area (Å²) in [6, 6.07) is 23.4.